The lowest BCUT2D eigenvalue weighted by atomic mass is 9.87. The monoisotopic (exact) mass is 417 g/mol. The van der Waals surface area contributed by atoms with Crippen LogP contribution in [0.15, 0.2) is 27.5 Å². The first-order chi connectivity index (χ1) is 14.7. The Kier molecular flexibility index (Phi) is 8.39. The molecule has 2 N–H and O–H groups in total. The zero-order chi connectivity index (χ0) is 21.3. The van der Waals surface area contributed by atoms with Gasteiger partial charge in [-0.3, -0.25) is 10.2 Å². The van der Waals surface area contributed by atoms with E-state index in [1.165, 1.54) is 42.9 Å². The van der Waals surface area contributed by atoms with Gasteiger partial charge in [0.2, 0.25) is 0 Å². The highest BCUT2D eigenvalue weighted by molar-refractivity contribution is 5.52. The van der Waals surface area contributed by atoms with E-state index in [4.69, 9.17) is 14.0 Å². The van der Waals surface area contributed by atoms with E-state index in [-0.39, 0.29) is 5.56 Å². The lowest BCUT2D eigenvalue weighted by Crippen LogP contribution is -2.49. The Morgan fingerprint density at radius 2 is 2.10 bits per heavy atom. The Morgan fingerprint density at radius 1 is 1.23 bits per heavy atom. The van der Waals surface area contributed by atoms with Crippen LogP contribution < -0.4 is 20.5 Å². The number of aromatic amines is 1. The fourth-order valence-electron chi connectivity index (χ4n) is 4.30. The van der Waals surface area contributed by atoms with E-state index < -0.39 is 0 Å². The summed E-state index contributed by atoms with van der Waals surface area (Å²) in [6.45, 7) is 3.99. The smallest absolute Gasteiger partial charge is 0.280 e. The summed E-state index contributed by atoms with van der Waals surface area (Å²) in [6.07, 6.45) is 8.63. The Balaban J connectivity index is 1.65. The number of nitrogens with zero attached hydrogens (tertiary/aromatic N) is 1. The third-order valence-corrected chi connectivity index (χ3v) is 5.88. The van der Waals surface area contributed by atoms with E-state index in [9.17, 15) is 4.79 Å². The topological polar surface area (TPSA) is 79.7 Å². The molecule has 1 heterocycles. The van der Waals surface area contributed by atoms with Crippen LogP contribution in [0.3, 0.4) is 0 Å². The van der Waals surface area contributed by atoms with Crippen molar-refractivity contribution in [1.29, 1.82) is 0 Å². The first-order valence-electron chi connectivity index (χ1n) is 11.1. The molecular formula is C23H35N3O4. The van der Waals surface area contributed by atoms with E-state index in [2.05, 4.69) is 28.6 Å². The molecule has 1 atom stereocenters. The van der Waals surface area contributed by atoms with Gasteiger partial charge in [0.25, 0.3) is 5.56 Å². The second kappa shape index (κ2) is 11.2. The molecule has 0 spiro atoms. The summed E-state index contributed by atoms with van der Waals surface area (Å²) in [5.41, 5.74) is 6.03. The number of unbranched alkanes of at least 4 members (excludes halogenated alkanes) is 3. The lowest BCUT2D eigenvalue weighted by Gasteiger charge is -2.36. The van der Waals surface area contributed by atoms with Crippen molar-refractivity contribution in [3.63, 3.8) is 0 Å². The number of methoxy groups -OCH3 is 2. The van der Waals surface area contributed by atoms with E-state index in [1.807, 2.05) is 6.07 Å². The quantitative estimate of drug-likeness (QED) is 0.407. The minimum absolute atomic E-state index is 0.185. The maximum atomic E-state index is 11.3. The normalized spacial score (nSPS) is 15.9. The molecule has 166 valence electrons. The number of fused-ring (bicyclic) bond motifs is 1. The van der Waals surface area contributed by atoms with Gasteiger partial charge >= 0.3 is 0 Å². The van der Waals surface area contributed by atoms with Crippen LogP contribution in [0, 0.1) is 0 Å². The Hall–Kier alpha value is -2.25. The molecule has 30 heavy (non-hydrogen) atoms. The van der Waals surface area contributed by atoms with Crippen molar-refractivity contribution >= 4 is 0 Å². The lowest BCUT2D eigenvalue weighted by molar-refractivity contribution is 0.108. The standard InChI is InChI=1S/C23H35N3O4/c1-4-5-6-7-14-26(24-13-12-19-16-22(27)25-30-19)18-9-10-20-17(15-18)8-11-21(28-2)23(20)29-3/h8,11,16,18,24H,4-7,9-10,12-15H2,1-3H3,(H,25,27). The molecule has 0 saturated heterocycles. The molecule has 0 saturated carbocycles. The number of benzene rings is 1. The second-order valence-electron chi connectivity index (χ2n) is 7.93. The number of H-pyrrole nitrogens is 1. The van der Waals surface area contributed by atoms with Gasteiger partial charge in [-0.15, -0.1) is 0 Å². The summed E-state index contributed by atoms with van der Waals surface area (Å²) in [7, 11) is 3.40. The van der Waals surface area contributed by atoms with Crippen molar-refractivity contribution in [3.05, 3.63) is 45.4 Å². The molecule has 0 amide bonds. The van der Waals surface area contributed by atoms with Gasteiger partial charge < -0.3 is 14.0 Å². The Bertz CT molecular complexity index is 845. The van der Waals surface area contributed by atoms with E-state index in [1.54, 1.807) is 14.2 Å². The number of nitrogens with one attached hydrogen (secondary N) is 2. The summed E-state index contributed by atoms with van der Waals surface area (Å²) in [4.78, 5) is 11.3. The third-order valence-electron chi connectivity index (χ3n) is 5.88. The molecule has 1 aliphatic rings. The molecule has 7 nitrogen and oxygen atoms in total. The maximum Gasteiger partial charge on any atom is 0.280 e. The van der Waals surface area contributed by atoms with Gasteiger partial charge in [-0.25, -0.2) is 5.01 Å². The molecule has 3 rings (SSSR count). The third kappa shape index (κ3) is 5.67. The average Bonchev–Trinajstić information content (AvgIpc) is 3.19. The van der Waals surface area contributed by atoms with Crippen molar-refractivity contribution in [2.24, 2.45) is 0 Å². The molecule has 0 aliphatic heterocycles. The van der Waals surface area contributed by atoms with Crippen LogP contribution in [0.25, 0.3) is 0 Å². The van der Waals surface area contributed by atoms with Crippen LogP contribution in [0.2, 0.25) is 0 Å². The molecule has 1 aliphatic carbocycles. The van der Waals surface area contributed by atoms with Gasteiger partial charge in [0.05, 0.1) is 14.2 Å². The van der Waals surface area contributed by atoms with Crippen molar-refractivity contribution in [2.45, 2.75) is 64.3 Å². The number of aromatic nitrogens is 1. The minimum Gasteiger partial charge on any atom is -0.493 e. The molecular weight excluding hydrogens is 382 g/mol. The van der Waals surface area contributed by atoms with Crippen LogP contribution in [0.4, 0.5) is 0 Å². The van der Waals surface area contributed by atoms with Crippen LogP contribution in [-0.2, 0) is 19.3 Å². The van der Waals surface area contributed by atoms with E-state index in [0.29, 0.717) is 18.2 Å². The van der Waals surface area contributed by atoms with Crippen LogP contribution in [-0.4, -0.2) is 43.5 Å². The summed E-state index contributed by atoms with van der Waals surface area (Å²) in [6, 6.07) is 6.12. The molecule has 1 unspecified atom stereocenters. The number of ether oxygens (including phenoxy) is 2. The molecule has 0 bridgehead atoms. The molecule has 2 aromatic rings. The van der Waals surface area contributed by atoms with Crippen LogP contribution in [0.5, 0.6) is 11.5 Å². The van der Waals surface area contributed by atoms with Gasteiger partial charge in [0, 0.05) is 37.2 Å². The summed E-state index contributed by atoms with van der Waals surface area (Å²) < 4.78 is 16.3. The van der Waals surface area contributed by atoms with Crippen molar-refractivity contribution in [1.82, 2.24) is 15.6 Å². The molecule has 1 aromatic carbocycles. The van der Waals surface area contributed by atoms with Crippen molar-refractivity contribution < 1.29 is 14.0 Å². The highest BCUT2D eigenvalue weighted by Gasteiger charge is 2.27. The van der Waals surface area contributed by atoms with Gasteiger partial charge in [-0.05, 0) is 37.3 Å². The summed E-state index contributed by atoms with van der Waals surface area (Å²) >= 11 is 0. The number of hydrazine groups is 1. The highest BCUT2D eigenvalue weighted by atomic mass is 16.5. The highest BCUT2D eigenvalue weighted by Crippen LogP contribution is 2.38. The first-order valence-corrected chi connectivity index (χ1v) is 11.1. The summed E-state index contributed by atoms with van der Waals surface area (Å²) in [5, 5.41) is 4.76. The molecule has 0 fully saturated rings. The van der Waals surface area contributed by atoms with Gasteiger partial charge in [-0.1, -0.05) is 32.3 Å². The molecule has 0 radical (unpaired) electrons. The van der Waals surface area contributed by atoms with Crippen molar-refractivity contribution in [3.8, 4) is 11.5 Å². The molecule has 7 heteroatoms. The predicted molar refractivity (Wildman–Crippen MR) is 117 cm³/mol. The number of hydrogen-bond acceptors (Lipinski definition) is 6. The zero-order valence-corrected chi connectivity index (χ0v) is 18.5. The fourth-order valence-corrected chi connectivity index (χ4v) is 4.30. The minimum atomic E-state index is -0.185. The molecule has 1 aromatic heterocycles. The Labute approximate surface area is 178 Å². The van der Waals surface area contributed by atoms with E-state index >= 15 is 0 Å². The summed E-state index contributed by atoms with van der Waals surface area (Å²) in [5.74, 6) is 2.36. The van der Waals surface area contributed by atoms with Gasteiger partial charge in [0.15, 0.2) is 11.5 Å². The first kappa shape index (κ1) is 22.4. The van der Waals surface area contributed by atoms with Crippen LogP contribution >= 0.6 is 0 Å². The fraction of sp³-hybridized carbons (Fsp3) is 0.609. The SMILES string of the molecule is CCCCCCN(NCCc1cc(=O)[nH]o1)C1CCc2c(ccc(OC)c2OC)C1. The predicted octanol–water partition coefficient (Wildman–Crippen LogP) is 3.47. The largest absolute Gasteiger partial charge is 0.493 e. The van der Waals surface area contributed by atoms with Gasteiger partial charge in [-0.2, -0.15) is 5.16 Å². The van der Waals surface area contributed by atoms with E-state index in [0.717, 1.165) is 43.9 Å². The Morgan fingerprint density at radius 3 is 2.80 bits per heavy atom. The average molecular weight is 418 g/mol. The second-order valence-corrected chi connectivity index (χ2v) is 7.93. The number of hydrogen-bond donors (Lipinski definition) is 2. The van der Waals surface area contributed by atoms with Gasteiger partial charge in [0.1, 0.15) is 5.76 Å². The van der Waals surface area contributed by atoms with Crippen molar-refractivity contribution in [2.75, 3.05) is 27.3 Å². The zero-order valence-electron chi connectivity index (χ0n) is 18.5. The number of rotatable bonds is 12. The van der Waals surface area contributed by atoms with Crippen LogP contribution in [0.1, 0.15) is 55.9 Å². The maximum absolute atomic E-state index is 11.3.